The van der Waals surface area contributed by atoms with Gasteiger partial charge < -0.3 is 10.4 Å². The summed E-state index contributed by atoms with van der Waals surface area (Å²) in [5.41, 5.74) is -0.398. The summed E-state index contributed by atoms with van der Waals surface area (Å²) in [6.45, 7) is 1.58. The van der Waals surface area contributed by atoms with Crippen LogP contribution in [0, 0.1) is 11.6 Å². The smallest absolute Gasteiger partial charge is 0.137 e. The van der Waals surface area contributed by atoms with Gasteiger partial charge in [-0.25, -0.2) is 18.4 Å². The molecule has 0 saturated carbocycles. The number of rotatable bonds is 7. The third-order valence-corrected chi connectivity index (χ3v) is 5.34. The van der Waals surface area contributed by atoms with Gasteiger partial charge in [-0.15, -0.1) is 0 Å². The van der Waals surface area contributed by atoms with Crippen LogP contribution in [-0.2, 0) is 12.1 Å². The van der Waals surface area contributed by atoms with Gasteiger partial charge in [-0.3, -0.25) is 4.68 Å². The molecule has 0 aliphatic heterocycles. The zero-order valence-corrected chi connectivity index (χ0v) is 17.2. The monoisotopic (exact) mass is 444 g/mol. The quantitative estimate of drug-likeness (QED) is 0.444. The first-order valence-electron chi connectivity index (χ1n) is 9.42. The molecular weight excluding hydrogens is 426 g/mol. The predicted molar refractivity (Wildman–Crippen MR) is 112 cm³/mol. The second-order valence-corrected chi connectivity index (χ2v) is 7.59. The Kier molecular flexibility index (Phi) is 5.71. The van der Waals surface area contributed by atoms with Gasteiger partial charge in [0.15, 0.2) is 0 Å². The van der Waals surface area contributed by atoms with Gasteiger partial charge in [0.1, 0.15) is 29.9 Å². The van der Waals surface area contributed by atoms with Crippen molar-refractivity contribution in [2.45, 2.75) is 25.1 Å². The standard InChI is InChI=1S/C21H19ClF2N6O/c1-14(30-10-18(9-26-30)28-17-5-2-15(22)3-6-17)21(31,11-29-13-25-12-27-29)19-7-4-16(23)8-20(19)24/h2-10,12-14,28,31H,11H2,1H3/t14-,21-/m1/s1. The summed E-state index contributed by atoms with van der Waals surface area (Å²) in [6.07, 6.45) is 6.00. The number of hydrogen-bond acceptors (Lipinski definition) is 5. The summed E-state index contributed by atoms with van der Waals surface area (Å²) in [5, 5.41) is 23.8. The van der Waals surface area contributed by atoms with Crippen LogP contribution >= 0.6 is 11.6 Å². The van der Waals surface area contributed by atoms with Gasteiger partial charge in [0.25, 0.3) is 0 Å². The second kappa shape index (κ2) is 8.44. The second-order valence-electron chi connectivity index (χ2n) is 7.16. The van der Waals surface area contributed by atoms with Crippen LogP contribution in [0.25, 0.3) is 0 Å². The molecule has 7 nitrogen and oxygen atoms in total. The molecule has 0 aliphatic rings. The highest BCUT2D eigenvalue weighted by Gasteiger charge is 2.40. The number of aliphatic hydroxyl groups is 1. The maximum atomic E-state index is 14.7. The van der Waals surface area contributed by atoms with Crippen molar-refractivity contribution < 1.29 is 13.9 Å². The van der Waals surface area contributed by atoms with E-state index in [1.54, 1.807) is 31.5 Å². The molecule has 0 fully saturated rings. The molecule has 2 N–H and O–H groups in total. The summed E-state index contributed by atoms with van der Waals surface area (Å²) in [6, 6.07) is 9.48. The van der Waals surface area contributed by atoms with Crippen molar-refractivity contribution >= 4 is 23.0 Å². The molecule has 2 aromatic carbocycles. The largest absolute Gasteiger partial charge is 0.381 e. The zero-order valence-electron chi connectivity index (χ0n) is 16.5. The van der Waals surface area contributed by atoms with E-state index in [2.05, 4.69) is 20.5 Å². The van der Waals surface area contributed by atoms with E-state index in [4.69, 9.17) is 11.6 Å². The third-order valence-electron chi connectivity index (χ3n) is 5.09. The Morgan fingerprint density at radius 2 is 1.90 bits per heavy atom. The highest BCUT2D eigenvalue weighted by molar-refractivity contribution is 6.30. The van der Waals surface area contributed by atoms with Crippen molar-refractivity contribution in [3.05, 3.63) is 89.7 Å². The lowest BCUT2D eigenvalue weighted by Crippen LogP contribution is -2.40. The van der Waals surface area contributed by atoms with Crippen molar-refractivity contribution in [2.24, 2.45) is 0 Å². The summed E-state index contributed by atoms with van der Waals surface area (Å²) in [5.74, 6) is -1.59. The molecule has 0 saturated heterocycles. The number of hydrogen-bond donors (Lipinski definition) is 2. The van der Waals surface area contributed by atoms with Crippen LogP contribution in [0.3, 0.4) is 0 Å². The molecule has 4 rings (SSSR count). The molecule has 10 heteroatoms. The molecule has 160 valence electrons. The molecule has 2 atom stereocenters. The number of nitrogens with zero attached hydrogens (tertiary/aromatic N) is 5. The Morgan fingerprint density at radius 1 is 1.13 bits per heavy atom. The fourth-order valence-electron chi connectivity index (χ4n) is 3.38. The van der Waals surface area contributed by atoms with Crippen molar-refractivity contribution in [3.63, 3.8) is 0 Å². The summed E-state index contributed by atoms with van der Waals surface area (Å²) >= 11 is 5.91. The molecule has 2 heterocycles. The van der Waals surface area contributed by atoms with E-state index in [0.29, 0.717) is 10.7 Å². The van der Waals surface area contributed by atoms with E-state index in [0.717, 1.165) is 17.8 Å². The SMILES string of the molecule is C[C@@H](n1cc(Nc2ccc(Cl)cc2)cn1)[C@](O)(Cn1cncn1)c1ccc(F)cc1F. The minimum absolute atomic E-state index is 0.0698. The molecule has 0 unspecified atom stereocenters. The van der Waals surface area contributed by atoms with Crippen molar-refractivity contribution in [1.29, 1.82) is 0 Å². The first-order valence-corrected chi connectivity index (χ1v) is 9.80. The predicted octanol–water partition coefficient (Wildman–Crippen LogP) is 4.30. The van der Waals surface area contributed by atoms with Crippen LogP contribution in [0.15, 0.2) is 67.5 Å². The molecule has 4 aromatic rings. The topological polar surface area (TPSA) is 80.8 Å². The van der Waals surface area contributed by atoms with Crippen molar-refractivity contribution in [3.8, 4) is 0 Å². The van der Waals surface area contributed by atoms with Crippen LogP contribution in [0.1, 0.15) is 18.5 Å². The van der Waals surface area contributed by atoms with Crippen molar-refractivity contribution in [1.82, 2.24) is 24.5 Å². The van der Waals surface area contributed by atoms with Gasteiger partial charge in [0, 0.05) is 28.5 Å². The average Bonchev–Trinajstić information content (AvgIpc) is 3.41. The summed E-state index contributed by atoms with van der Waals surface area (Å²) < 4.78 is 31.1. The maximum absolute atomic E-state index is 14.7. The number of nitrogens with one attached hydrogen (secondary N) is 1. The molecule has 2 aromatic heterocycles. The van der Waals surface area contributed by atoms with Gasteiger partial charge in [0.05, 0.1) is 24.5 Å². The molecule has 0 radical (unpaired) electrons. The Labute approximate surface area is 181 Å². The van der Waals surface area contributed by atoms with Crippen LogP contribution in [0.4, 0.5) is 20.2 Å². The number of halogens is 3. The highest BCUT2D eigenvalue weighted by atomic mass is 35.5. The van der Waals surface area contributed by atoms with Crippen molar-refractivity contribution in [2.75, 3.05) is 5.32 Å². The zero-order chi connectivity index (χ0) is 22.0. The first-order chi connectivity index (χ1) is 14.8. The van der Waals surface area contributed by atoms with E-state index >= 15 is 0 Å². The lowest BCUT2D eigenvalue weighted by molar-refractivity contribution is -0.0368. The lowest BCUT2D eigenvalue weighted by Gasteiger charge is -2.34. The van der Waals surface area contributed by atoms with Crippen LogP contribution in [0.2, 0.25) is 5.02 Å². The normalized spacial score (nSPS) is 14.2. The van der Waals surface area contributed by atoms with E-state index in [1.165, 1.54) is 28.1 Å². The van der Waals surface area contributed by atoms with E-state index in [1.807, 2.05) is 12.1 Å². The first kappa shape index (κ1) is 21.0. The summed E-state index contributed by atoms with van der Waals surface area (Å²) in [7, 11) is 0. The van der Waals surface area contributed by atoms with Crippen LogP contribution < -0.4 is 5.32 Å². The highest BCUT2D eigenvalue weighted by Crippen LogP contribution is 2.37. The average molecular weight is 445 g/mol. The number of aromatic nitrogens is 5. The number of benzene rings is 2. The van der Waals surface area contributed by atoms with Gasteiger partial charge in [-0.05, 0) is 37.3 Å². The van der Waals surface area contributed by atoms with Crippen LogP contribution in [-0.4, -0.2) is 29.7 Å². The summed E-state index contributed by atoms with van der Waals surface area (Å²) in [4.78, 5) is 3.87. The Morgan fingerprint density at radius 3 is 2.58 bits per heavy atom. The Hall–Kier alpha value is -3.30. The third kappa shape index (κ3) is 4.42. The maximum Gasteiger partial charge on any atom is 0.137 e. The van der Waals surface area contributed by atoms with Gasteiger partial charge >= 0.3 is 0 Å². The molecule has 0 aliphatic carbocycles. The minimum Gasteiger partial charge on any atom is -0.381 e. The molecule has 0 spiro atoms. The van der Waals surface area contributed by atoms with E-state index in [-0.39, 0.29) is 12.1 Å². The molecular formula is C21H19ClF2N6O. The Bertz CT molecular complexity index is 1170. The fourth-order valence-corrected chi connectivity index (χ4v) is 3.50. The lowest BCUT2D eigenvalue weighted by atomic mass is 9.86. The molecule has 31 heavy (non-hydrogen) atoms. The van der Waals surface area contributed by atoms with Gasteiger partial charge in [-0.2, -0.15) is 10.2 Å². The minimum atomic E-state index is -1.80. The Balaban J connectivity index is 1.66. The fraction of sp³-hybridized carbons (Fsp3) is 0.190. The van der Waals surface area contributed by atoms with Crippen LogP contribution in [0.5, 0.6) is 0 Å². The van der Waals surface area contributed by atoms with E-state index in [9.17, 15) is 13.9 Å². The molecule has 0 bridgehead atoms. The number of anilines is 2. The van der Waals surface area contributed by atoms with Gasteiger partial charge in [-0.1, -0.05) is 17.7 Å². The molecule has 0 amide bonds. The van der Waals surface area contributed by atoms with Gasteiger partial charge in [0.2, 0.25) is 0 Å². The van der Waals surface area contributed by atoms with E-state index < -0.39 is 23.3 Å².